The van der Waals surface area contributed by atoms with Crippen LogP contribution in [0.5, 0.6) is 5.75 Å². The molecule has 39 heavy (non-hydrogen) atoms. The zero-order valence-corrected chi connectivity index (χ0v) is 23.0. The Kier molecular flexibility index (Phi) is 12.8. The quantitative estimate of drug-likeness (QED) is 0.154. The number of ether oxygens (including phenoxy) is 1. The average Bonchev–Trinajstić information content (AvgIpc) is 3.37. The predicted octanol–water partition coefficient (Wildman–Crippen LogP) is 5.71. The minimum absolute atomic E-state index is 0.102. The lowest BCUT2D eigenvalue weighted by atomic mass is 10.1. The van der Waals surface area contributed by atoms with Gasteiger partial charge in [-0.3, -0.25) is 9.59 Å². The fourth-order valence-electron chi connectivity index (χ4n) is 3.66. The van der Waals surface area contributed by atoms with E-state index in [0.29, 0.717) is 30.4 Å². The molecule has 0 saturated carbocycles. The normalized spacial score (nSPS) is 10.6. The number of unbranched alkanes of at least 4 members (excludes halogenated alkanes) is 3. The summed E-state index contributed by atoms with van der Waals surface area (Å²) < 4.78 is 5.79. The second-order valence-corrected chi connectivity index (χ2v) is 10.1. The van der Waals surface area contributed by atoms with E-state index in [1.54, 1.807) is 12.1 Å². The summed E-state index contributed by atoms with van der Waals surface area (Å²) in [5, 5.41) is 23.5. The van der Waals surface area contributed by atoms with E-state index in [-0.39, 0.29) is 18.2 Å². The number of carbonyl (C=O) groups is 2. The molecule has 0 radical (unpaired) electrons. The van der Waals surface area contributed by atoms with E-state index in [4.69, 9.17) is 4.74 Å². The summed E-state index contributed by atoms with van der Waals surface area (Å²) >= 11 is 1.39. The Morgan fingerprint density at radius 1 is 0.872 bits per heavy atom. The highest BCUT2D eigenvalue weighted by molar-refractivity contribution is 7.15. The van der Waals surface area contributed by atoms with Gasteiger partial charge < -0.3 is 15.4 Å². The first-order valence-electron chi connectivity index (χ1n) is 13.2. The molecule has 2 amide bonds. The van der Waals surface area contributed by atoms with Gasteiger partial charge in [0.25, 0.3) is 0 Å². The Hall–Kier alpha value is -3.92. The zero-order valence-electron chi connectivity index (χ0n) is 22.2. The van der Waals surface area contributed by atoms with Crippen LogP contribution in [0.4, 0.5) is 10.9 Å². The molecule has 0 fully saturated rings. The summed E-state index contributed by atoms with van der Waals surface area (Å²) in [5.41, 5.74) is 1.75. The molecule has 0 aliphatic carbocycles. The lowest BCUT2D eigenvalue weighted by Crippen LogP contribution is -2.14. The van der Waals surface area contributed by atoms with Gasteiger partial charge >= 0.3 is 0 Å². The Labute approximate surface area is 233 Å². The topological polar surface area (TPSA) is 119 Å². The number of hydrogen-bond donors (Lipinski definition) is 2. The van der Waals surface area contributed by atoms with Gasteiger partial charge in [-0.15, -0.1) is 28.5 Å². The molecule has 10 heteroatoms. The van der Waals surface area contributed by atoms with E-state index in [2.05, 4.69) is 44.2 Å². The van der Waals surface area contributed by atoms with Crippen molar-refractivity contribution in [2.24, 2.45) is 0 Å². The molecule has 0 bridgehead atoms. The number of aromatic nitrogens is 4. The number of nitrogens with zero attached hydrogens (tertiary/aromatic N) is 4. The Morgan fingerprint density at radius 3 is 2.51 bits per heavy atom. The number of anilines is 2. The third-order valence-corrected chi connectivity index (χ3v) is 6.58. The van der Waals surface area contributed by atoms with Gasteiger partial charge in [0.05, 0.1) is 18.7 Å². The SMILES string of the molecule is C=CCCCCOc1cccc(CC(=O)Nc2nnc(CCCCc3ccc(NC(=O)CCC=C)nn3)s2)c1. The van der Waals surface area contributed by atoms with Crippen molar-refractivity contribution in [2.75, 3.05) is 17.2 Å². The van der Waals surface area contributed by atoms with Crippen molar-refractivity contribution in [3.8, 4) is 5.75 Å². The Balaban J connectivity index is 1.34. The van der Waals surface area contributed by atoms with Gasteiger partial charge in [-0.05, 0) is 74.8 Å². The van der Waals surface area contributed by atoms with Gasteiger partial charge in [-0.25, -0.2) is 0 Å². The van der Waals surface area contributed by atoms with Crippen LogP contribution in [-0.2, 0) is 28.9 Å². The number of carbonyl (C=O) groups excluding carboxylic acids is 2. The molecular weight excluding hydrogens is 512 g/mol. The number of rotatable bonds is 18. The van der Waals surface area contributed by atoms with Crippen LogP contribution in [0.15, 0.2) is 61.7 Å². The molecule has 2 heterocycles. The van der Waals surface area contributed by atoms with Crippen molar-refractivity contribution in [2.45, 2.75) is 64.2 Å². The summed E-state index contributed by atoms with van der Waals surface area (Å²) in [6, 6.07) is 11.3. The summed E-state index contributed by atoms with van der Waals surface area (Å²) in [4.78, 5) is 24.3. The first-order chi connectivity index (χ1) is 19.1. The minimum Gasteiger partial charge on any atom is -0.494 e. The summed E-state index contributed by atoms with van der Waals surface area (Å²) in [5.74, 6) is 0.978. The molecule has 3 aromatic rings. The molecule has 0 atom stereocenters. The molecule has 1 aromatic carbocycles. The highest BCUT2D eigenvalue weighted by atomic mass is 32.1. The summed E-state index contributed by atoms with van der Waals surface area (Å²) in [7, 11) is 0. The van der Waals surface area contributed by atoms with Crippen LogP contribution < -0.4 is 15.4 Å². The third-order valence-electron chi connectivity index (χ3n) is 5.68. The Bertz CT molecular complexity index is 1210. The average molecular weight is 549 g/mol. The summed E-state index contributed by atoms with van der Waals surface area (Å²) in [6.45, 7) is 7.98. The number of allylic oxidation sites excluding steroid dienone is 2. The maximum absolute atomic E-state index is 12.5. The van der Waals surface area contributed by atoms with Gasteiger partial charge in [0.2, 0.25) is 16.9 Å². The molecule has 206 valence electrons. The second kappa shape index (κ2) is 16.8. The molecule has 0 aliphatic rings. The monoisotopic (exact) mass is 548 g/mol. The molecule has 0 spiro atoms. The number of benzene rings is 1. The van der Waals surface area contributed by atoms with E-state index in [1.165, 1.54) is 11.3 Å². The first kappa shape index (κ1) is 29.6. The number of aryl methyl sites for hydroxylation is 2. The molecule has 3 rings (SSSR count). The van der Waals surface area contributed by atoms with Gasteiger partial charge in [0, 0.05) is 12.8 Å². The smallest absolute Gasteiger partial charge is 0.230 e. The van der Waals surface area contributed by atoms with Crippen molar-refractivity contribution in [1.29, 1.82) is 0 Å². The van der Waals surface area contributed by atoms with Crippen molar-refractivity contribution in [3.05, 3.63) is 78.0 Å². The molecule has 2 N–H and O–H groups in total. The van der Waals surface area contributed by atoms with Crippen molar-refractivity contribution in [3.63, 3.8) is 0 Å². The van der Waals surface area contributed by atoms with Crippen LogP contribution in [0, 0.1) is 0 Å². The molecule has 0 unspecified atom stereocenters. The highest BCUT2D eigenvalue weighted by Gasteiger charge is 2.10. The minimum atomic E-state index is -0.139. The zero-order chi connectivity index (χ0) is 27.7. The maximum atomic E-state index is 12.5. The standard InChI is InChI=1S/C29H36N6O3S/c1-3-5-7-10-19-38-24-14-11-12-22(20-24)21-27(37)31-29-35-34-28(39-29)16-9-8-13-23-17-18-25(33-32-23)30-26(36)15-6-4-2/h3-4,11-12,14,17-18,20H,1-2,5-10,13,15-16,19,21H2,(H,30,33,36)(H,31,35,37). The van der Waals surface area contributed by atoms with E-state index < -0.39 is 0 Å². The van der Waals surface area contributed by atoms with Crippen LogP contribution in [0.2, 0.25) is 0 Å². The van der Waals surface area contributed by atoms with Crippen LogP contribution in [-0.4, -0.2) is 38.8 Å². The fourth-order valence-corrected chi connectivity index (χ4v) is 4.46. The van der Waals surface area contributed by atoms with Crippen LogP contribution in [0.25, 0.3) is 0 Å². The van der Waals surface area contributed by atoms with Crippen molar-refractivity contribution in [1.82, 2.24) is 20.4 Å². The number of hydrogen-bond acceptors (Lipinski definition) is 8. The molecule has 9 nitrogen and oxygen atoms in total. The second-order valence-electron chi connectivity index (χ2n) is 9.00. The Morgan fingerprint density at radius 2 is 1.72 bits per heavy atom. The largest absolute Gasteiger partial charge is 0.494 e. The highest BCUT2D eigenvalue weighted by Crippen LogP contribution is 2.19. The van der Waals surface area contributed by atoms with Gasteiger partial charge in [-0.1, -0.05) is 35.6 Å². The van der Waals surface area contributed by atoms with Gasteiger partial charge in [0.15, 0.2) is 5.82 Å². The van der Waals surface area contributed by atoms with E-state index in [1.807, 2.05) is 36.4 Å². The number of nitrogens with one attached hydrogen (secondary N) is 2. The molecule has 0 saturated heterocycles. The maximum Gasteiger partial charge on any atom is 0.230 e. The number of amides is 2. The molecule has 0 aliphatic heterocycles. The lowest BCUT2D eigenvalue weighted by molar-refractivity contribution is -0.116. The van der Waals surface area contributed by atoms with E-state index in [0.717, 1.165) is 67.0 Å². The van der Waals surface area contributed by atoms with Gasteiger partial charge in [-0.2, -0.15) is 5.10 Å². The molecule has 2 aromatic heterocycles. The first-order valence-corrected chi connectivity index (χ1v) is 14.1. The van der Waals surface area contributed by atoms with Crippen LogP contribution in [0.1, 0.15) is 61.2 Å². The summed E-state index contributed by atoms with van der Waals surface area (Å²) in [6.07, 6.45) is 11.2. The fraction of sp³-hybridized carbons (Fsp3) is 0.379. The third kappa shape index (κ3) is 11.6. The van der Waals surface area contributed by atoms with Crippen LogP contribution in [0.3, 0.4) is 0 Å². The van der Waals surface area contributed by atoms with E-state index in [9.17, 15) is 9.59 Å². The van der Waals surface area contributed by atoms with Crippen molar-refractivity contribution >= 4 is 34.1 Å². The molecular formula is C29H36N6O3S. The van der Waals surface area contributed by atoms with Gasteiger partial charge in [0.1, 0.15) is 10.8 Å². The van der Waals surface area contributed by atoms with Crippen molar-refractivity contribution < 1.29 is 14.3 Å². The predicted molar refractivity (Wildman–Crippen MR) is 155 cm³/mol. The van der Waals surface area contributed by atoms with Crippen LogP contribution >= 0.6 is 11.3 Å². The lowest BCUT2D eigenvalue weighted by Gasteiger charge is -2.08. The van der Waals surface area contributed by atoms with E-state index >= 15 is 0 Å².